The summed E-state index contributed by atoms with van der Waals surface area (Å²) in [6.07, 6.45) is 33.1. The fourth-order valence-electron chi connectivity index (χ4n) is 5.31. The van der Waals surface area contributed by atoms with Crippen molar-refractivity contribution in [2.75, 3.05) is 40.9 Å². The van der Waals surface area contributed by atoms with Crippen LogP contribution in [0.25, 0.3) is 0 Å². The monoisotopic (exact) mass is 728 g/mol. The van der Waals surface area contributed by atoms with Gasteiger partial charge in [-0.25, -0.2) is 4.57 Å². The molecule has 1 amide bonds. The Morgan fingerprint density at radius 2 is 1.24 bits per heavy atom. The number of likely N-dealkylation sites (N-methyl/N-ethyl adjacent to an activating group) is 1. The summed E-state index contributed by atoms with van der Waals surface area (Å²) in [6.45, 7) is 4.62. The molecule has 0 saturated heterocycles. The Morgan fingerprint density at radius 1 is 0.720 bits per heavy atom. The molecule has 3 N–H and O–H groups in total. The molecule has 0 spiro atoms. The van der Waals surface area contributed by atoms with Gasteiger partial charge in [-0.05, 0) is 44.6 Å². The van der Waals surface area contributed by atoms with E-state index in [1.807, 2.05) is 39.4 Å². The number of amides is 1. The summed E-state index contributed by atoms with van der Waals surface area (Å²) in [6, 6.07) is -0.890. The minimum Gasteiger partial charge on any atom is -0.387 e. The van der Waals surface area contributed by atoms with E-state index in [-0.39, 0.29) is 31.3 Å². The van der Waals surface area contributed by atoms with E-state index in [1.54, 1.807) is 12.2 Å². The summed E-state index contributed by atoms with van der Waals surface area (Å²) in [4.78, 5) is 35.0. The van der Waals surface area contributed by atoms with Crippen molar-refractivity contribution in [1.29, 1.82) is 0 Å². The Balaban J connectivity index is 4.61. The van der Waals surface area contributed by atoms with Crippen molar-refractivity contribution in [3.8, 4) is 0 Å². The zero-order valence-corrected chi connectivity index (χ0v) is 33.5. The summed E-state index contributed by atoms with van der Waals surface area (Å²) in [5.74, 6) is -0.110. The van der Waals surface area contributed by atoms with E-state index in [2.05, 4.69) is 25.2 Å². The van der Waals surface area contributed by atoms with Gasteiger partial charge in [-0.2, -0.15) is 0 Å². The molecule has 0 radical (unpaired) electrons. The van der Waals surface area contributed by atoms with Crippen LogP contribution in [0.1, 0.15) is 155 Å². The number of rotatable bonds is 35. The fraction of sp³-hybridized carbons (Fsp3) is 0.800. The lowest BCUT2D eigenvalue weighted by Crippen LogP contribution is -2.45. The minimum atomic E-state index is -4.36. The van der Waals surface area contributed by atoms with E-state index >= 15 is 0 Å². The Labute approximate surface area is 306 Å². The third-order valence-electron chi connectivity index (χ3n) is 8.58. The Kier molecular flexibility index (Phi) is 31.0. The van der Waals surface area contributed by atoms with Gasteiger partial charge in [0.1, 0.15) is 13.2 Å². The van der Waals surface area contributed by atoms with Crippen molar-refractivity contribution in [2.45, 2.75) is 167 Å². The fourth-order valence-corrected chi connectivity index (χ4v) is 6.05. The second kappa shape index (κ2) is 32.1. The van der Waals surface area contributed by atoms with Crippen LogP contribution < -0.4 is 5.32 Å². The SMILES string of the molecule is CCCCC/C=C\C=C\C(=O)CCCCCCCC(=O)N[C@@H](COP(=O)(O)OCC[N+](C)(C)C)[C@H](O)/C=C/CCCCCCCCCCCC. The van der Waals surface area contributed by atoms with Crippen LogP contribution in [0.15, 0.2) is 36.5 Å². The van der Waals surface area contributed by atoms with Crippen LogP contribution in [-0.4, -0.2) is 79.2 Å². The number of ketones is 1. The number of carbonyl (C=O) groups excluding carboxylic acids is 2. The third-order valence-corrected chi connectivity index (χ3v) is 9.56. The molecule has 0 heterocycles. The highest BCUT2D eigenvalue weighted by Gasteiger charge is 2.27. The molecular formula is C40H76N2O7P+. The molecule has 0 fully saturated rings. The van der Waals surface area contributed by atoms with Crippen LogP contribution >= 0.6 is 7.82 Å². The van der Waals surface area contributed by atoms with Crippen LogP contribution in [-0.2, 0) is 23.2 Å². The first kappa shape index (κ1) is 48.4. The summed E-state index contributed by atoms with van der Waals surface area (Å²) in [7, 11) is 1.49. The average molecular weight is 728 g/mol. The number of phosphoric ester groups is 1. The highest BCUT2D eigenvalue weighted by Crippen LogP contribution is 2.43. The van der Waals surface area contributed by atoms with E-state index in [0.29, 0.717) is 23.9 Å². The van der Waals surface area contributed by atoms with Crippen LogP contribution in [0.3, 0.4) is 0 Å². The number of quaternary nitrogens is 1. The summed E-state index contributed by atoms with van der Waals surface area (Å²) in [5.41, 5.74) is 0. The van der Waals surface area contributed by atoms with E-state index in [0.717, 1.165) is 51.4 Å². The summed E-state index contributed by atoms with van der Waals surface area (Å²) >= 11 is 0. The largest absolute Gasteiger partial charge is 0.472 e. The number of allylic oxidation sites excluding steroid dienone is 5. The quantitative estimate of drug-likeness (QED) is 0.0148. The van der Waals surface area contributed by atoms with E-state index in [9.17, 15) is 24.2 Å². The Morgan fingerprint density at radius 3 is 1.86 bits per heavy atom. The number of hydrogen-bond donors (Lipinski definition) is 3. The molecule has 0 aliphatic carbocycles. The van der Waals surface area contributed by atoms with Crippen LogP contribution in [0.4, 0.5) is 0 Å². The molecule has 0 bridgehead atoms. The number of phosphoric acid groups is 1. The highest BCUT2D eigenvalue weighted by molar-refractivity contribution is 7.47. The van der Waals surface area contributed by atoms with Gasteiger partial charge < -0.3 is 19.8 Å². The topological polar surface area (TPSA) is 122 Å². The maximum Gasteiger partial charge on any atom is 0.472 e. The summed E-state index contributed by atoms with van der Waals surface area (Å²) in [5, 5.41) is 13.7. The number of nitrogens with one attached hydrogen (secondary N) is 1. The van der Waals surface area contributed by atoms with Gasteiger partial charge in [-0.1, -0.05) is 134 Å². The predicted octanol–water partition coefficient (Wildman–Crippen LogP) is 9.53. The van der Waals surface area contributed by atoms with Gasteiger partial charge in [-0.3, -0.25) is 18.6 Å². The maximum absolute atomic E-state index is 12.8. The molecule has 0 aliphatic heterocycles. The molecular weight excluding hydrogens is 651 g/mol. The van der Waals surface area contributed by atoms with Gasteiger partial charge in [0.25, 0.3) is 0 Å². The lowest BCUT2D eigenvalue weighted by molar-refractivity contribution is -0.870. The first-order chi connectivity index (χ1) is 23.9. The molecule has 1 unspecified atom stereocenters. The molecule has 292 valence electrons. The van der Waals surface area contributed by atoms with Crippen molar-refractivity contribution in [1.82, 2.24) is 5.32 Å². The number of aliphatic hydroxyl groups excluding tert-OH is 1. The number of hydrogen-bond acceptors (Lipinski definition) is 6. The van der Waals surface area contributed by atoms with Crippen LogP contribution in [0.2, 0.25) is 0 Å². The van der Waals surface area contributed by atoms with Gasteiger partial charge in [0, 0.05) is 12.8 Å². The summed E-state index contributed by atoms with van der Waals surface area (Å²) < 4.78 is 23.4. The normalized spacial score (nSPS) is 14.9. The van der Waals surface area contributed by atoms with E-state index in [4.69, 9.17) is 9.05 Å². The molecule has 50 heavy (non-hydrogen) atoms. The molecule has 3 atom stereocenters. The van der Waals surface area contributed by atoms with Crippen molar-refractivity contribution in [3.05, 3.63) is 36.5 Å². The Hall–Kier alpha value is -1.61. The highest BCUT2D eigenvalue weighted by atomic mass is 31.2. The van der Waals surface area contributed by atoms with Crippen molar-refractivity contribution in [3.63, 3.8) is 0 Å². The molecule has 0 saturated carbocycles. The molecule has 0 aliphatic rings. The van der Waals surface area contributed by atoms with Crippen molar-refractivity contribution < 1.29 is 37.7 Å². The van der Waals surface area contributed by atoms with Gasteiger partial charge >= 0.3 is 7.82 Å². The number of aliphatic hydroxyl groups is 1. The van der Waals surface area contributed by atoms with Gasteiger partial charge in [-0.15, -0.1) is 0 Å². The lowest BCUT2D eigenvalue weighted by atomic mass is 10.1. The van der Waals surface area contributed by atoms with E-state index < -0.39 is 20.0 Å². The number of carbonyl (C=O) groups is 2. The number of nitrogens with zero attached hydrogens (tertiary/aromatic N) is 1. The first-order valence-corrected chi connectivity index (χ1v) is 21.3. The van der Waals surface area contributed by atoms with Crippen LogP contribution in [0.5, 0.6) is 0 Å². The number of unbranched alkanes of at least 4 members (excludes halogenated alkanes) is 17. The third kappa shape index (κ3) is 33.5. The van der Waals surface area contributed by atoms with Crippen molar-refractivity contribution in [2.24, 2.45) is 0 Å². The first-order valence-electron chi connectivity index (χ1n) is 19.8. The predicted molar refractivity (Wildman–Crippen MR) is 208 cm³/mol. The molecule has 0 aromatic carbocycles. The molecule has 0 aromatic heterocycles. The smallest absolute Gasteiger partial charge is 0.387 e. The van der Waals surface area contributed by atoms with Crippen LogP contribution in [0, 0.1) is 0 Å². The maximum atomic E-state index is 12.8. The van der Waals surface area contributed by atoms with E-state index in [1.165, 1.54) is 70.6 Å². The second-order valence-electron chi connectivity index (χ2n) is 14.7. The second-order valence-corrected chi connectivity index (χ2v) is 16.1. The zero-order valence-electron chi connectivity index (χ0n) is 32.6. The van der Waals surface area contributed by atoms with Gasteiger partial charge in [0.05, 0.1) is 39.9 Å². The molecule has 10 heteroatoms. The minimum absolute atomic E-state index is 0.0387. The van der Waals surface area contributed by atoms with Gasteiger partial charge in [0.15, 0.2) is 5.78 Å². The standard InChI is InChI=1S/C40H75N2O7P/c1-6-8-10-12-14-15-16-17-18-20-24-28-32-39(44)38(36-49-50(46,47)48-35-34-42(3,4)5)41-40(45)33-29-25-21-23-27-31-37(43)30-26-22-19-13-11-9-7-2/h19,22,26,28,30,32,38-39,44H,6-18,20-21,23-25,27,29,31,33-36H2,1-5H3,(H-,41,45,46,47)/p+1/b22-19-,30-26+,32-28+/t38-,39+/m0/s1. The lowest BCUT2D eigenvalue weighted by Gasteiger charge is -2.25. The average Bonchev–Trinajstić information content (AvgIpc) is 3.05. The molecule has 0 rings (SSSR count). The zero-order chi connectivity index (χ0) is 37.4. The Bertz CT molecular complexity index is 977. The molecule has 9 nitrogen and oxygen atoms in total. The van der Waals surface area contributed by atoms with Gasteiger partial charge in [0.2, 0.25) is 5.91 Å². The van der Waals surface area contributed by atoms with Crippen molar-refractivity contribution >= 4 is 19.5 Å². The molecule has 0 aromatic rings.